The zero-order valence-corrected chi connectivity index (χ0v) is 12.3. The molecule has 0 fully saturated rings. The summed E-state index contributed by atoms with van der Waals surface area (Å²) in [7, 11) is 0. The zero-order chi connectivity index (χ0) is 15.6. The smallest absolute Gasteiger partial charge is 0.273 e. The van der Waals surface area contributed by atoms with Crippen molar-refractivity contribution in [2.75, 3.05) is 5.32 Å². The van der Waals surface area contributed by atoms with E-state index in [9.17, 15) is 14.9 Å². The van der Waals surface area contributed by atoms with Crippen molar-refractivity contribution in [3.63, 3.8) is 0 Å². The van der Waals surface area contributed by atoms with Crippen molar-refractivity contribution >= 4 is 28.9 Å². The number of nitrogens with one attached hydrogen (secondary N) is 1. The summed E-state index contributed by atoms with van der Waals surface area (Å²) >= 11 is 6.06. The van der Waals surface area contributed by atoms with Crippen molar-refractivity contribution in [3.8, 4) is 0 Å². The molecule has 0 aliphatic heterocycles. The van der Waals surface area contributed by atoms with Crippen LogP contribution < -0.4 is 5.32 Å². The molecular formula is C15H13ClN2O3. The van der Waals surface area contributed by atoms with Gasteiger partial charge in [-0.05, 0) is 37.6 Å². The Bertz CT molecular complexity index is 729. The number of anilines is 1. The molecule has 2 aromatic rings. The molecule has 0 heterocycles. The topological polar surface area (TPSA) is 72.2 Å². The number of carbonyl (C=O) groups excluding carboxylic acids is 1. The molecule has 2 rings (SSSR count). The van der Waals surface area contributed by atoms with Gasteiger partial charge in [0.05, 0.1) is 15.6 Å². The molecule has 0 saturated carbocycles. The third kappa shape index (κ3) is 3.20. The SMILES string of the molecule is Cc1ccc(NC(=O)c2cccc([N+](=O)[O-])c2C)c(Cl)c1. The molecule has 0 atom stereocenters. The van der Waals surface area contributed by atoms with Crippen LogP contribution >= 0.6 is 11.6 Å². The normalized spacial score (nSPS) is 10.2. The van der Waals surface area contributed by atoms with Crippen LogP contribution in [0.15, 0.2) is 36.4 Å². The van der Waals surface area contributed by atoms with Gasteiger partial charge in [0.1, 0.15) is 0 Å². The number of benzene rings is 2. The number of aryl methyl sites for hydroxylation is 1. The fraction of sp³-hybridized carbons (Fsp3) is 0.133. The van der Waals surface area contributed by atoms with Gasteiger partial charge < -0.3 is 5.32 Å². The van der Waals surface area contributed by atoms with Gasteiger partial charge in [0.25, 0.3) is 11.6 Å². The van der Waals surface area contributed by atoms with Crippen LogP contribution in [0.5, 0.6) is 0 Å². The summed E-state index contributed by atoms with van der Waals surface area (Å²) in [5.74, 6) is -0.429. The summed E-state index contributed by atoms with van der Waals surface area (Å²) in [6, 6.07) is 9.64. The molecule has 108 valence electrons. The predicted molar refractivity (Wildman–Crippen MR) is 82.0 cm³/mol. The molecule has 0 unspecified atom stereocenters. The Morgan fingerprint density at radius 3 is 2.57 bits per heavy atom. The largest absolute Gasteiger partial charge is 0.321 e. The van der Waals surface area contributed by atoms with Crippen LogP contribution in [0.1, 0.15) is 21.5 Å². The van der Waals surface area contributed by atoms with E-state index in [-0.39, 0.29) is 11.3 Å². The summed E-state index contributed by atoms with van der Waals surface area (Å²) < 4.78 is 0. The second kappa shape index (κ2) is 5.93. The van der Waals surface area contributed by atoms with E-state index in [1.807, 2.05) is 13.0 Å². The number of amides is 1. The first kappa shape index (κ1) is 15.0. The number of halogens is 1. The highest BCUT2D eigenvalue weighted by Crippen LogP contribution is 2.25. The maximum absolute atomic E-state index is 12.3. The second-order valence-corrected chi connectivity index (χ2v) is 5.05. The van der Waals surface area contributed by atoms with Gasteiger partial charge in [-0.1, -0.05) is 23.7 Å². The fourth-order valence-electron chi connectivity index (χ4n) is 1.98. The summed E-state index contributed by atoms with van der Waals surface area (Å²) in [4.78, 5) is 22.6. The van der Waals surface area contributed by atoms with Gasteiger partial charge >= 0.3 is 0 Å². The predicted octanol–water partition coefficient (Wildman–Crippen LogP) is 4.12. The molecule has 2 aromatic carbocycles. The lowest BCUT2D eigenvalue weighted by atomic mass is 10.1. The highest BCUT2D eigenvalue weighted by Gasteiger charge is 2.18. The van der Waals surface area contributed by atoms with Crippen molar-refractivity contribution in [3.05, 3.63) is 68.2 Å². The lowest BCUT2D eigenvalue weighted by Crippen LogP contribution is -2.14. The van der Waals surface area contributed by atoms with Crippen LogP contribution in [-0.2, 0) is 0 Å². The quantitative estimate of drug-likeness (QED) is 0.685. The van der Waals surface area contributed by atoms with E-state index in [0.29, 0.717) is 16.3 Å². The van der Waals surface area contributed by atoms with Crippen LogP contribution in [0.25, 0.3) is 0 Å². The van der Waals surface area contributed by atoms with Gasteiger partial charge in [-0.2, -0.15) is 0 Å². The molecular weight excluding hydrogens is 292 g/mol. The minimum absolute atomic E-state index is 0.0855. The molecule has 0 bridgehead atoms. The van der Waals surface area contributed by atoms with Gasteiger partial charge in [-0.15, -0.1) is 0 Å². The minimum atomic E-state index is -0.509. The highest BCUT2D eigenvalue weighted by atomic mass is 35.5. The fourth-order valence-corrected chi connectivity index (χ4v) is 2.26. The van der Waals surface area contributed by atoms with E-state index in [1.165, 1.54) is 12.1 Å². The molecule has 0 radical (unpaired) electrons. The van der Waals surface area contributed by atoms with E-state index >= 15 is 0 Å². The summed E-state index contributed by atoms with van der Waals surface area (Å²) in [5.41, 5.74) is 1.93. The first-order valence-electron chi connectivity index (χ1n) is 6.21. The number of carbonyl (C=O) groups is 1. The molecule has 5 nitrogen and oxygen atoms in total. The van der Waals surface area contributed by atoms with Gasteiger partial charge in [0.15, 0.2) is 0 Å². The van der Waals surface area contributed by atoms with E-state index in [2.05, 4.69) is 5.32 Å². The van der Waals surface area contributed by atoms with Gasteiger partial charge in [0.2, 0.25) is 0 Å². The highest BCUT2D eigenvalue weighted by molar-refractivity contribution is 6.34. The maximum Gasteiger partial charge on any atom is 0.273 e. The van der Waals surface area contributed by atoms with Crippen LogP contribution in [0.2, 0.25) is 5.02 Å². The lowest BCUT2D eigenvalue weighted by Gasteiger charge is -2.09. The van der Waals surface area contributed by atoms with Gasteiger partial charge in [0, 0.05) is 17.2 Å². The van der Waals surface area contributed by atoms with Crippen molar-refractivity contribution in [2.45, 2.75) is 13.8 Å². The second-order valence-electron chi connectivity index (χ2n) is 4.64. The van der Waals surface area contributed by atoms with Crippen LogP contribution in [0.3, 0.4) is 0 Å². The Balaban J connectivity index is 2.33. The molecule has 21 heavy (non-hydrogen) atoms. The first-order valence-corrected chi connectivity index (χ1v) is 6.59. The maximum atomic E-state index is 12.3. The average molecular weight is 305 g/mol. The van der Waals surface area contributed by atoms with E-state index < -0.39 is 10.8 Å². The molecule has 1 N–H and O–H groups in total. The molecule has 0 aliphatic rings. The molecule has 0 aromatic heterocycles. The molecule has 0 aliphatic carbocycles. The third-order valence-corrected chi connectivity index (χ3v) is 3.43. The molecule has 1 amide bonds. The average Bonchev–Trinajstić information content (AvgIpc) is 2.41. The summed E-state index contributed by atoms with van der Waals surface area (Å²) in [6.45, 7) is 3.44. The van der Waals surface area contributed by atoms with Crippen LogP contribution in [0, 0.1) is 24.0 Å². The Kier molecular flexibility index (Phi) is 4.23. The monoisotopic (exact) mass is 304 g/mol. The van der Waals surface area contributed by atoms with Crippen LogP contribution in [0.4, 0.5) is 11.4 Å². The van der Waals surface area contributed by atoms with Crippen molar-refractivity contribution in [1.82, 2.24) is 0 Å². The van der Waals surface area contributed by atoms with Gasteiger partial charge in [-0.25, -0.2) is 0 Å². The summed E-state index contributed by atoms with van der Waals surface area (Å²) in [6.07, 6.45) is 0. The Morgan fingerprint density at radius 2 is 1.95 bits per heavy atom. The van der Waals surface area contributed by atoms with E-state index in [1.54, 1.807) is 25.1 Å². The first-order chi connectivity index (χ1) is 9.90. The van der Waals surface area contributed by atoms with E-state index in [4.69, 9.17) is 11.6 Å². The van der Waals surface area contributed by atoms with Crippen molar-refractivity contribution in [2.24, 2.45) is 0 Å². The number of hydrogen-bond acceptors (Lipinski definition) is 3. The number of nitrogens with zero attached hydrogens (tertiary/aromatic N) is 1. The van der Waals surface area contributed by atoms with Crippen molar-refractivity contribution < 1.29 is 9.72 Å². The number of rotatable bonds is 3. The molecule has 6 heteroatoms. The minimum Gasteiger partial charge on any atom is -0.321 e. The number of hydrogen-bond donors (Lipinski definition) is 1. The summed E-state index contributed by atoms with van der Waals surface area (Å²) in [5, 5.41) is 14.0. The Hall–Kier alpha value is -2.40. The Morgan fingerprint density at radius 1 is 1.24 bits per heavy atom. The van der Waals surface area contributed by atoms with Crippen molar-refractivity contribution in [1.29, 1.82) is 0 Å². The van der Waals surface area contributed by atoms with Crippen LogP contribution in [-0.4, -0.2) is 10.8 Å². The van der Waals surface area contributed by atoms with Gasteiger partial charge in [-0.3, -0.25) is 14.9 Å². The molecule has 0 spiro atoms. The Labute approximate surface area is 126 Å². The lowest BCUT2D eigenvalue weighted by molar-refractivity contribution is -0.385. The van der Waals surface area contributed by atoms with E-state index in [0.717, 1.165) is 5.56 Å². The standard InChI is InChI=1S/C15H13ClN2O3/c1-9-6-7-13(12(16)8-9)17-15(19)11-4-3-5-14(10(11)2)18(20)21/h3-8H,1-2H3,(H,17,19). The zero-order valence-electron chi connectivity index (χ0n) is 11.5. The number of nitro benzene ring substituents is 1. The molecule has 0 saturated heterocycles. The number of nitro groups is 1. The third-order valence-electron chi connectivity index (χ3n) is 3.12.